The molecule has 2 aromatic carbocycles. The van der Waals surface area contributed by atoms with E-state index in [9.17, 15) is 4.79 Å². The van der Waals surface area contributed by atoms with E-state index in [1.165, 1.54) is 0 Å². The molecule has 5 rings (SSSR count). The smallest absolute Gasteiger partial charge is 0.270 e. The van der Waals surface area contributed by atoms with E-state index < -0.39 is 6.10 Å². The summed E-state index contributed by atoms with van der Waals surface area (Å²) in [7, 11) is 0. The third-order valence-electron chi connectivity index (χ3n) is 4.95. The third kappa shape index (κ3) is 2.83. The summed E-state index contributed by atoms with van der Waals surface area (Å²) < 4.78 is 13.3. The van der Waals surface area contributed by atoms with E-state index in [-0.39, 0.29) is 12.5 Å². The van der Waals surface area contributed by atoms with Crippen LogP contribution in [-0.2, 0) is 17.6 Å². The maximum Gasteiger partial charge on any atom is 0.270 e. The Balaban J connectivity index is 1.43. The van der Waals surface area contributed by atoms with Crippen LogP contribution in [-0.4, -0.2) is 28.4 Å². The summed E-state index contributed by atoms with van der Waals surface area (Å²) in [6.07, 6.45) is 2.22. The summed E-state index contributed by atoms with van der Waals surface area (Å²) >= 11 is 0. The van der Waals surface area contributed by atoms with Gasteiger partial charge in [-0.2, -0.15) is 5.10 Å². The van der Waals surface area contributed by atoms with E-state index in [0.29, 0.717) is 11.5 Å². The number of fused-ring (bicyclic) bond motifs is 2. The Hall–Kier alpha value is -3.28. The number of nitrogens with zero attached hydrogens (tertiary/aromatic N) is 2. The van der Waals surface area contributed by atoms with Gasteiger partial charge in [-0.05, 0) is 43.5 Å². The first-order valence-electron chi connectivity index (χ1n) is 9.15. The number of carbonyl (C=O) groups excluding carboxylic acids is 1. The predicted octanol–water partition coefficient (Wildman–Crippen LogP) is 3.14. The van der Waals surface area contributed by atoms with Gasteiger partial charge in [-0.15, -0.1) is 0 Å². The molecule has 3 aromatic rings. The zero-order valence-electron chi connectivity index (χ0n) is 14.7. The van der Waals surface area contributed by atoms with Gasteiger partial charge in [0, 0.05) is 5.56 Å². The molecule has 1 aromatic heterocycles. The summed E-state index contributed by atoms with van der Waals surface area (Å²) in [4.78, 5) is 12.9. The first-order chi connectivity index (χ1) is 13.3. The van der Waals surface area contributed by atoms with Crippen LogP contribution >= 0.6 is 0 Å². The number of rotatable bonds is 3. The highest BCUT2D eigenvalue weighted by molar-refractivity contribution is 5.95. The summed E-state index contributed by atoms with van der Waals surface area (Å²) in [5.74, 6) is 1.76. The van der Waals surface area contributed by atoms with Crippen molar-refractivity contribution in [1.29, 1.82) is 0 Å². The molecule has 6 heteroatoms. The molecule has 0 radical (unpaired) electrons. The van der Waals surface area contributed by atoms with Crippen LogP contribution in [0.3, 0.4) is 0 Å². The molecule has 6 nitrogen and oxygen atoms in total. The van der Waals surface area contributed by atoms with Gasteiger partial charge in [0.25, 0.3) is 5.91 Å². The number of aromatic nitrogens is 2. The van der Waals surface area contributed by atoms with Crippen molar-refractivity contribution in [3.8, 4) is 17.2 Å². The van der Waals surface area contributed by atoms with Crippen molar-refractivity contribution in [2.75, 3.05) is 11.9 Å². The predicted molar refractivity (Wildman–Crippen MR) is 101 cm³/mol. The first kappa shape index (κ1) is 15.9. The second kappa shape index (κ2) is 6.46. The standard InChI is InChI=1S/C21H19N3O3/c25-21(19-13-26-17-11-4-5-12-18(17)27-19)22-20-15-9-6-10-16(15)23-24(20)14-7-2-1-3-8-14/h1-5,7-8,11-12,19H,6,9-10,13H2,(H,22,25). The Morgan fingerprint density at radius 3 is 2.67 bits per heavy atom. The number of amides is 1. The number of carbonyl (C=O) groups is 1. The monoisotopic (exact) mass is 361 g/mol. The lowest BCUT2D eigenvalue weighted by Gasteiger charge is -2.25. The van der Waals surface area contributed by atoms with Crippen molar-refractivity contribution < 1.29 is 14.3 Å². The van der Waals surface area contributed by atoms with E-state index in [2.05, 4.69) is 5.32 Å². The largest absolute Gasteiger partial charge is 0.485 e. The van der Waals surface area contributed by atoms with Gasteiger partial charge in [-0.1, -0.05) is 30.3 Å². The van der Waals surface area contributed by atoms with Crippen LogP contribution in [0.5, 0.6) is 11.5 Å². The molecule has 0 fully saturated rings. The van der Waals surface area contributed by atoms with Gasteiger partial charge in [0.1, 0.15) is 12.4 Å². The van der Waals surface area contributed by atoms with Crippen molar-refractivity contribution in [2.24, 2.45) is 0 Å². The molecule has 2 aliphatic rings. The second-order valence-electron chi connectivity index (χ2n) is 6.73. The molecule has 2 heterocycles. The lowest BCUT2D eigenvalue weighted by atomic mass is 10.2. The minimum Gasteiger partial charge on any atom is -0.485 e. The number of hydrogen-bond donors (Lipinski definition) is 1. The Morgan fingerprint density at radius 2 is 1.81 bits per heavy atom. The van der Waals surface area contributed by atoms with Crippen LogP contribution in [0.15, 0.2) is 54.6 Å². The van der Waals surface area contributed by atoms with Gasteiger partial charge < -0.3 is 14.8 Å². The van der Waals surface area contributed by atoms with Gasteiger partial charge >= 0.3 is 0 Å². The van der Waals surface area contributed by atoms with Crippen LogP contribution < -0.4 is 14.8 Å². The van der Waals surface area contributed by atoms with Crippen molar-refractivity contribution in [3.05, 3.63) is 65.9 Å². The Bertz CT molecular complexity index is 997. The molecule has 0 bridgehead atoms. The van der Waals surface area contributed by atoms with Crippen molar-refractivity contribution in [2.45, 2.75) is 25.4 Å². The third-order valence-corrected chi connectivity index (χ3v) is 4.95. The van der Waals surface area contributed by atoms with E-state index in [0.717, 1.165) is 42.0 Å². The zero-order chi connectivity index (χ0) is 18.2. The highest BCUT2D eigenvalue weighted by Crippen LogP contribution is 2.33. The van der Waals surface area contributed by atoms with Crippen LogP contribution in [0.4, 0.5) is 5.82 Å². The maximum absolute atomic E-state index is 12.9. The Labute approximate surface area is 156 Å². The van der Waals surface area contributed by atoms with E-state index in [1.54, 1.807) is 6.07 Å². The Morgan fingerprint density at radius 1 is 1.04 bits per heavy atom. The minimum absolute atomic E-state index is 0.185. The van der Waals surface area contributed by atoms with Gasteiger partial charge in [-0.3, -0.25) is 4.79 Å². The topological polar surface area (TPSA) is 65.4 Å². The fourth-order valence-electron chi connectivity index (χ4n) is 3.62. The van der Waals surface area contributed by atoms with Crippen LogP contribution in [0.25, 0.3) is 5.69 Å². The minimum atomic E-state index is -0.698. The molecule has 0 saturated carbocycles. The SMILES string of the molecule is O=C(Nc1c2c(nn1-c1ccccc1)CCC2)C1COc2ccccc2O1. The van der Waals surface area contributed by atoms with Crippen molar-refractivity contribution in [3.63, 3.8) is 0 Å². The second-order valence-corrected chi connectivity index (χ2v) is 6.73. The quantitative estimate of drug-likeness (QED) is 0.778. The molecular formula is C21H19N3O3. The van der Waals surface area contributed by atoms with Crippen molar-refractivity contribution in [1.82, 2.24) is 9.78 Å². The van der Waals surface area contributed by atoms with Gasteiger partial charge in [0.2, 0.25) is 6.10 Å². The number of nitrogens with one attached hydrogen (secondary N) is 1. The number of anilines is 1. The van der Waals surface area contributed by atoms with Gasteiger partial charge in [0.15, 0.2) is 11.5 Å². The van der Waals surface area contributed by atoms with E-state index in [1.807, 2.05) is 53.2 Å². The molecule has 1 N–H and O–H groups in total. The summed E-state index contributed by atoms with van der Waals surface area (Å²) in [5.41, 5.74) is 3.10. The molecule has 1 aliphatic heterocycles. The normalized spacial score (nSPS) is 17.4. The number of ether oxygens (including phenoxy) is 2. The molecule has 1 aliphatic carbocycles. The number of hydrogen-bond acceptors (Lipinski definition) is 4. The number of para-hydroxylation sites is 3. The molecule has 136 valence electrons. The van der Waals surface area contributed by atoms with Gasteiger partial charge in [0.05, 0.1) is 11.4 Å². The molecule has 1 atom stereocenters. The van der Waals surface area contributed by atoms with E-state index in [4.69, 9.17) is 14.6 Å². The van der Waals surface area contributed by atoms with Crippen LogP contribution in [0.2, 0.25) is 0 Å². The van der Waals surface area contributed by atoms with Gasteiger partial charge in [-0.25, -0.2) is 4.68 Å². The number of benzene rings is 2. The van der Waals surface area contributed by atoms with Crippen LogP contribution in [0, 0.1) is 0 Å². The first-order valence-corrected chi connectivity index (χ1v) is 9.15. The lowest BCUT2D eigenvalue weighted by Crippen LogP contribution is -2.40. The molecule has 1 unspecified atom stereocenters. The van der Waals surface area contributed by atoms with Crippen molar-refractivity contribution >= 4 is 11.7 Å². The molecular weight excluding hydrogens is 342 g/mol. The Kier molecular flexibility index (Phi) is 3.81. The van der Waals surface area contributed by atoms with Crippen LogP contribution in [0.1, 0.15) is 17.7 Å². The average Bonchev–Trinajstić information content (AvgIpc) is 3.31. The average molecular weight is 361 g/mol. The molecule has 0 spiro atoms. The summed E-state index contributed by atoms with van der Waals surface area (Å²) in [6, 6.07) is 17.2. The highest BCUT2D eigenvalue weighted by atomic mass is 16.6. The summed E-state index contributed by atoms with van der Waals surface area (Å²) in [5, 5.41) is 7.77. The fraction of sp³-hybridized carbons (Fsp3) is 0.238. The fourth-order valence-corrected chi connectivity index (χ4v) is 3.62. The molecule has 27 heavy (non-hydrogen) atoms. The number of aryl methyl sites for hydroxylation is 1. The lowest BCUT2D eigenvalue weighted by molar-refractivity contribution is -0.125. The molecule has 0 saturated heterocycles. The highest BCUT2D eigenvalue weighted by Gasteiger charge is 2.30. The van der Waals surface area contributed by atoms with E-state index >= 15 is 0 Å². The molecule has 1 amide bonds. The summed E-state index contributed by atoms with van der Waals surface area (Å²) in [6.45, 7) is 0.185. The maximum atomic E-state index is 12.9. The zero-order valence-corrected chi connectivity index (χ0v) is 14.7.